The molecule has 1 amide bonds. The summed E-state index contributed by atoms with van der Waals surface area (Å²) in [5.74, 6) is 0.504. The van der Waals surface area contributed by atoms with Crippen molar-refractivity contribution in [3.05, 3.63) is 97.4 Å². The van der Waals surface area contributed by atoms with Gasteiger partial charge in [0.15, 0.2) is 0 Å². The maximum atomic E-state index is 13.1. The number of nitrogens with one attached hydrogen (secondary N) is 1. The van der Waals surface area contributed by atoms with Crippen molar-refractivity contribution >= 4 is 40.2 Å². The quantitative estimate of drug-likeness (QED) is 0.345. The minimum Gasteiger partial charge on any atom is -0.508 e. The van der Waals surface area contributed by atoms with Crippen molar-refractivity contribution < 1.29 is 14.6 Å². The smallest absolute Gasteiger partial charge is 0.307 e. The van der Waals surface area contributed by atoms with Crippen LogP contribution in [0.3, 0.4) is 0 Å². The predicted molar refractivity (Wildman–Crippen MR) is 143 cm³/mol. The Morgan fingerprint density at radius 1 is 1.11 bits per heavy atom. The number of halogens is 1. The third kappa shape index (κ3) is 4.53. The lowest BCUT2D eigenvalue weighted by Gasteiger charge is -2.14. The third-order valence-electron chi connectivity index (χ3n) is 6.01. The zero-order valence-electron chi connectivity index (χ0n) is 19.5. The van der Waals surface area contributed by atoms with Gasteiger partial charge in [0.1, 0.15) is 11.5 Å². The molecule has 0 bridgehead atoms. The Morgan fingerprint density at radius 2 is 1.83 bits per heavy atom. The second-order valence-corrected chi connectivity index (χ2v) is 9.78. The molecule has 2 N–H and O–H groups in total. The van der Waals surface area contributed by atoms with Crippen molar-refractivity contribution in [3.63, 3.8) is 0 Å². The number of aliphatic imine (C=N–C) groups is 1. The summed E-state index contributed by atoms with van der Waals surface area (Å²) in [4.78, 5) is 31.5. The average molecular weight is 520 g/mol. The molecule has 7 nitrogen and oxygen atoms in total. The molecule has 1 unspecified atom stereocenters. The Labute approximate surface area is 216 Å². The van der Waals surface area contributed by atoms with Crippen LogP contribution in [0.2, 0.25) is 5.02 Å². The normalized spacial score (nSPS) is 14.3. The summed E-state index contributed by atoms with van der Waals surface area (Å²) in [7, 11) is 3.33. The van der Waals surface area contributed by atoms with E-state index in [0.29, 0.717) is 22.2 Å². The van der Waals surface area contributed by atoms with Crippen molar-refractivity contribution in [2.45, 2.75) is 12.5 Å². The van der Waals surface area contributed by atoms with Gasteiger partial charge in [0, 0.05) is 34.4 Å². The van der Waals surface area contributed by atoms with Crippen LogP contribution >= 0.6 is 22.9 Å². The number of aromatic hydroxyl groups is 1. The highest BCUT2D eigenvalue weighted by Crippen LogP contribution is 2.41. The van der Waals surface area contributed by atoms with Gasteiger partial charge in [-0.3, -0.25) is 14.6 Å². The number of thiazole rings is 1. The molecule has 1 atom stereocenters. The van der Waals surface area contributed by atoms with Gasteiger partial charge in [-0.15, -0.1) is 0 Å². The highest BCUT2D eigenvalue weighted by atomic mass is 35.5. The van der Waals surface area contributed by atoms with Gasteiger partial charge in [-0.05, 0) is 54.6 Å². The minimum absolute atomic E-state index is 0.0239. The number of anilines is 1. The summed E-state index contributed by atoms with van der Waals surface area (Å²) in [5, 5.41) is 13.0. The van der Waals surface area contributed by atoms with Gasteiger partial charge >= 0.3 is 4.87 Å². The summed E-state index contributed by atoms with van der Waals surface area (Å²) in [6, 6.07) is 18.7. The van der Waals surface area contributed by atoms with Crippen LogP contribution in [0.25, 0.3) is 11.3 Å². The Bertz CT molecular complexity index is 1540. The van der Waals surface area contributed by atoms with Gasteiger partial charge in [0.25, 0.3) is 0 Å². The topological polar surface area (TPSA) is 92.9 Å². The molecule has 9 heteroatoms. The number of rotatable bonds is 5. The van der Waals surface area contributed by atoms with Crippen LogP contribution in [0.1, 0.15) is 28.5 Å². The van der Waals surface area contributed by atoms with Crippen molar-refractivity contribution in [2.75, 3.05) is 12.4 Å². The van der Waals surface area contributed by atoms with Crippen LogP contribution < -0.4 is 14.9 Å². The predicted octanol–water partition coefficient (Wildman–Crippen LogP) is 5.40. The fourth-order valence-electron chi connectivity index (χ4n) is 4.25. The zero-order chi connectivity index (χ0) is 25.4. The first-order chi connectivity index (χ1) is 17.3. The molecule has 0 fully saturated rings. The van der Waals surface area contributed by atoms with Crippen LogP contribution in [0, 0.1) is 0 Å². The highest BCUT2D eigenvalue weighted by molar-refractivity contribution is 7.09. The van der Waals surface area contributed by atoms with Gasteiger partial charge in [-0.2, -0.15) is 0 Å². The largest absolute Gasteiger partial charge is 0.508 e. The number of aromatic nitrogens is 1. The SMILES string of the molecule is COc1ccc2c(c1)C(c1ccc(Cl)cc1)=NC(CC(=O)Nc1ccc(O)cc1)c1sc(=O)n(C)c1-2. The standard InChI is InChI=1S/C27H22ClN3O4S/c1-31-25-20-12-11-19(35-2)13-21(20)24(15-3-5-16(28)6-4-15)30-22(26(25)36-27(31)34)14-23(33)29-17-7-9-18(32)10-8-17/h3-13,22,32H,14H2,1-2H3,(H,29,33). The number of fused-ring (bicyclic) bond motifs is 3. The molecule has 1 aliphatic heterocycles. The molecule has 5 rings (SSSR count). The van der Waals surface area contributed by atoms with E-state index in [0.717, 1.165) is 38.6 Å². The van der Waals surface area contributed by atoms with Crippen LogP contribution in [-0.4, -0.2) is 28.4 Å². The fraction of sp³-hybridized carbons (Fsp3) is 0.148. The Hall–Kier alpha value is -3.88. The summed E-state index contributed by atoms with van der Waals surface area (Å²) in [6.45, 7) is 0. The van der Waals surface area contributed by atoms with Crippen LogP contribution in [0.4, 0.5) is 5.69 Å². The third-order valence-corrected chi connectivity index (χ3v) is 7.40. The van der Waals surface area contributed by atoms with E-state index in [2.05, 4.69) is 5.32 Å². The van der Waals surface area contributed by atoms with Gasteiger partial charge < -0.3 is 19.7 Å². The molecule has 182 valence electrons. The lowest BCUT2D eigenvalue weighted by Crippen LogP contribution is -2.15. The molecule has 0 saturated carbocycles. The van der Waals surface area contributed by atoms with Crippen LogP contribution in [0.15, 0.2) is 76.5 Å². The molecular formula is C27H22ClN3O4S. The van der Waals surface area contributed by atoms with E-state index in [1.807, 2.05) is 30.3 Å². The molecule has 0 spiro atoms. The van der Waals surface area contributed by atoms with Crippen molar-refractivity contribution in [1.82, 2.24) is 4.57 Å². The molecule has 2 heterocycles. The summed E-state index contributed by atoms with van der Waals surface area (Å²) in [5.41, 5.74) is 4.44. The van der Waals surface area contributed by atoms with Gasteiger partial charge in [-0.1, -0.05) is 35.1 Å². The second kappa shape index (κ2) is 9.64. The number of hydrogen-bond acceptors (Lipinski definition) is 6. The number of amides is 1. The Balaban J connectivity index is 1.65. The summed E-state index contributed by atoms with van der Waals surface area (Å²) in [6.07, 6.45) is 0.0239. The number of nitrogens with zero attached hydrogens (tertiary/aromatic N) is 2. The zero-order valence-corrected chi connectivity index (χ0v) is 21.1. The first kappa shape index (κ1) is 23.8. The summed E-state index contributed by atoms with van der Waals surface area (Å²) < 4.78 is 7.10. The highest BCUT2D eigenvalue weighted by Gasteiger charge is 2.31. The number of ether oxygens (including phenoxy) is 1. The lowest BCUT2D eigenvalue weighted by atomic mass is 9.95. The maximum Gasteiger partial charge on any atom is 0.307 e. The number of carbonyl (C=O) groups is 1. The van der Waals surface area contributed by atoms with E-state index in [1.165, 1.54) is 12.1 Å². The van der Waals surface area contributed by atoms with Crippen LogP contribution in [0.5, 0.6) is 11.5 Å². The first-order valence-electron chi connectivity index (χ1n) is 11.1. The van der Waals surface area contributed by atoms with Gasteiger partial charge in [0.05, 0.1) is 35.9 Å². The fourth-order valence-corrected chi connectivity index (χ4v) is 5.41. The van der Waals surface area contributed by atoms with E-state index in [9.17, 15) is 14.7 Å². The molecule has 1 aromatic heterocycles. The molecule has 3 aromatic carbocycles. The number of phenolic OH excluding ortho intramolecular Hbond substituents is 1. The Kier molecular flexibility index (Phi) is 6.38. The van der Waals surface area contributed by atoms with Crippen molar-refractivity contribution in [1.29, 1.82) is 0 Å². The average Bonchev–Trinajstić information content (AvgIpc) is 3.10. The van der Waals surface area contributed by atoms with E-state index < -0.39 is 6.04 Å². The number of carbonyl (C=O) groups excluding carboxylic acids is 1. The van der Waals surface area contributed by atoms with E-state index >= 15 is 0 Å². The monoisotopic (exact) mass is 519 g/mol. The molecule has 0 aliphatic carbocycles. The Morgan fingerprint density at radius 3 is 2.53 bits per heavy atom. The van der Waals surface area contributed by atoms with Crippen LogP contribution in [-0.2, 0) is 11.8 Å². The molecule has 36 heavy (non-hydrogen) atoms. The number of hydrogen-bond donors (Lipinski definition) is 2. The molecule has 1 aliphatic rings. The lowest BCUT2D eigenvalue weighted by molar-refractivity contribution is -0.116. The van der Waals surface area contributed by atoms with E-state index in [4.69, 9.17) is 21.3 Å². The van der Waals surface area contributed by atoms with E-state index in [-0.39, 0.29) is 23.0 Å². The number of methoxy groups -OCH3 is 1. The minimum atomic E-state index is -0.597. The van der Waals surface area contributed by atoms with Gasteiger partial charge in [-0.25, -0.2) is 0 Å². The molecule has 4 aromatic rings. The molecular weight excluding hydrogens is 498 g/mol. The van der Waals surface area contributed by atoms with E-state index in [1.54, 1.807) is 43.0 Å². The second-order valence-electron chi connectivity index (χ2n) is 8.35. The summed E-state index contributed by atoms with van der Waals surface area (Å²) >= 11 is 7.24. The number of benzene rings is 3. The maximum absolute atomic E-state index is 13.1. The molecule has 0 saturated heterocycles. The number of phenols is 1. The van der Waals surface area contributed by atoms with Crippen molar-refractivity contribution in [2.24, 2.45) is 12.0 Å². The first-order valence-corrected chi connectivity index (χ1v) is 12.3. The molecule has 0 radical (unpaired) electrons. The van der Waals surface area contributed by atoms with Crippen molar-refractivity contribution in [3.8, 4) is 22.8 Å². The van der Waals surface area contributed by atoms with Gasteiger partial charge in [0.2, 0.25) is 5.91 Å².